The second-order valence-electron chi connectivity index (χ2n) is 7.44. The minimum atomic E-state index is -0.996. The standard InChI is InChI=1S/C19H23N5O3/c1-19(2,26)15-4-3-12(9-20-15)14-10-21-17-18(22-14)24(11-16(25)23-17)13-5-7-27-8-6-13/h3-4,9-10,13,26H,5-8,11H2,1-2H3,(H,21,23,25). The Kier molecular flexibility index (Phi) is 4.53. The average Bonchev–Trinajstić information content (AvgIpc) is 2.67. The molecule has 0 unspecified atom stereocenters. The van der Waals surface area contributed by atoms with Crippen molar-refractivity contribution in [3.8, 4) is 11.3 Å². The molecule has 0 spiro atoms. The third-order valence-corrected chi connectivity index (χ3v) is 4.92. The molecule has 2 aromatic rings. The molecule has 0 bridgehead atoms. The van der Waals surface area contributed by atoms with E-state index in [9.17, 15) is 9.90 Å². The first-order chi connectivity index (χ1) is 12.9. The summed E-state index contributed by atoms with van der Waals surface area (Å²) < 4.78 is 5.45. The van der Waals surface area contributed by atoms with Gasteiger partial charge in [-0.1, -0.05) is 0 Å². The number of aromatic nitrogens is 3. The highest BCUT2D eigenvalue weighted by Crippen LogP contribution is 2.32. The minimum Gasteiger partial charge on any atom is -0.384 e. The summed E-state index contributed by atoms with van der Waals surface area (Å²) in [6.45, 7) is 5.04. The van der Waals surface area contributed by atoms with Crippen molar-refractivity contribution in [3.63, 3.8) is 0 Å². The van der Waals surface area contributed by atoms with Crippen LogP contribution in [0.3, 0.4) is 0 Å². The van der Waals surface area contributed by atoms with Gasteiger partial charge in [0.2, 0.25) is 5.91 Å². The van der Waals surface area contributed by atoms with Gasteiger partial charge in [0, 0.05) is 31.0 Å². The summed E-state index contributed by atoms with van der Waals surface area (Å²) in [5, 5.41) is 12.9. The van der Waals surface area contributed by atoms with E-state index in [4.69, 9.17) is 9.72 Å². The van der Waals surface area contributed by atoms with Crippen LogP contribution in [0.5, 0.6) is 0 Å². The molecule has 8 nitrogen and oxygen atoms in total. The van der Waals surface area contributed by atoms with Gasteiger partial charge in [-0.05, 0) is 38.8 Å². The van der Waals surface area contributed by atoms with Gasteiger partial charge in [-0.2, -0.15) is 0 Å². The quantitative estimate of drug-likeness (QED) is 0.849. The number of ether oxygens (including phenoxy) is 1. The number of rotatable bonds is 3. The lowest BCUT2D eigenvalue weighted by atomic mass is 10.0. The number of pyridine rings is 1. The number of hydrogen-bond acceptors (Lipinski definition) is 7. The van der Waals surface area contributed by atoms with E-state index in [2.05, 4.69) is 15.3 Å². The summed E-state index contributed by atoms with van der Waals surface area (Å²) >= 11 is 0. The first-order valence-electron chi connectivity index (χ1n) is 9.12. The summed E-state index contributed by atoms with van der Waals surface area (Å²) in [6, 6.07) is 3.87. The molecule has 0 atom stereocenters. The van der Waals surface area contributed by atoms with Gasteiger partial charge >= 0.3 is 0 Å². The first-order valence-corrected chi connectivity index (χ1v) is 9.12. The number of hydrogen-bond donors (Lipinski definition) is 2. The van der Waals surface area contributed by atoms with E-state index in [1.165, 1.54) is 0 Å². The summed E-state index contributed by atoms with van der Waals surface area (Å²) in [7, 11) is 0. The molecule has 27 heavy (non-hydrogen) atoms. The van der Waals surface area contributed by atoms with Crippen LogP contribution in [0.4, 0.5) is 11.6 Å². The Morgan fingerprint density at radius 2 is 2.00 bits per heavy atom. The molecule has 1 fully saturated rings. The van der Waals surface area contributed by atoms with Crippen LogP contribution in [0.25, 0.3) is 11.3 Å². The number of nitrogens with zero attached hydrogens (tertiary/aromatic N) is 4. The van der Waals surface area contributed by atoms with Crippen molar-refractivity contribution in [2.45, 2.75) is 38.3 Å². The number of amides is 1. The van der Waals surface area contributed by atoms with Gasteiger partial charge in [0.15, 0.2) is 11.6 Å². The van der Waals surface area contributed by atoms with Gasteiger partial charge in [-0.3, -0.25) is 9.78 Å². The molecule has 2 aliphatic heterocycles. The first kappa shape index (κ1) is 17.8. The highest BCUT2D eigenvalue weighted by molar-refractivity contribution is 5.99. The normalized spacial score (nSPS) is 18.2. The van der Waals surface area contributed by atoms with Crippen molar-refractivity contribution >= 4 is 17.5 Å². The fourth-order valence-corrected chi connectivity index (χ4v) is 3.41. The van der Waals surface area contributed by atoms with E-state index in [0.29, 0.717) is 36.2 Å². The summed E-state index contributed by atoms with van der Waals surface area (Å²) in [5.74, 6) is 1.10. The Morgan fingerprint density at radius 1 is 1.22 bits per heavy atom. The highest BCUT2D eigenvalue weighted by Gasteiger charge is 2.31. The van der Waals surface area contributed by atoms with Gasteiger partial charge in [-0.25, -0.2) is 9.97 Å². The molecule has 1 amide bonds. The maximum Gasteiger partial charge on any atom is 0.245 e. The van der Waals surface area contributed by atoms with E-state index < -0.39 is 5.60 Å². The molecule has 0 radical (unpaired) electrons. The molecule has 4 heterocycles. The maximum atomic E-state index is 12.1. The molecule has 4 rings (SSSR count). The highest BCUT2D eigenvalue weighted by atomic mass is 16.5. The monoisotopic (exact) mass is 369 g/mol. The topological polar surface area (TPSA) is 100 Å². The molecule has 0 saturated carbocycles. The van der Waals surface area contributed by atoms with Crippen molar-refractivity contribution in [1.29, 1.82) is 0 Å². The van der Waals surface area contributed by atoms with Gasteiger partial charge in [0.05, 0.1) is 24.1 Å². The van der Waals surface area contributed by atoms with Gasteiger partial charge in [0.25, 0.3) is 0 Å². The zero-order valence-electron chi connectivity index (χ0n) is 15.5. The lowest BCUT2D eigenvalue weighted by Crippen LogP contribution is -2.47. The maximum absolute atomic E-state index is 12.1. The summed E-state index contributed by atoms with van der Waals surface area (Å²) in [5.41, 5.74) is 1.08. The molecule has 0 aromatic carbocycles. The number of carbonyl (C=O) groups is 1. The Hall–Kier alpha value is -2.58. The predicted octanol–water partition coefficient (Wildman–Crippen LogP) is 1.70. The fraction of sp³-hybridized carbons (Fsp3) is 0.474. The zero-order valence-corrected chi connectivity index (χ0v) is 15.5. The van der Waals surface area contributed by atoms with Crippen LogP contribution in [0.15, 0.2) is 24.5 Å². The van der Waals surface area contributed by atoms with E-state index in [-0.39, 0.29) is 18.5 Å². The third-order valence-electron chi connectivity index (χ3n) is 4.92. The zero-order chi connectivity index (χ0) is 19.0. The molecule has 2 aromatic heterocycles. The summed E-state index contributed by atoms with van der Waals surface area (Å²) in [4.78, 5) is 27.6. The van der Waals surface area contributed by atoms with Crippen LogP contribution >= 0.6 is 0 Å². The molecular weight excluding hydrogens is 346 g/mol. The third kappa shape index (κ3) is 3.63. The van der Waals surface area contributed by atoms with Crippen LogP contribution in [0.1, 0.15) is 32.4 Å². The predicted molar refractivity (Wildman–Crippen MR) is 100 cm³/mol. The van der Waals surface area contributed by atoms with E-state index in [1.54, 1.807) is 32.3 Å². The van der Waals surface area contributed by atoms with E-state index in [1.807, 2.05) is 11.0 Å². The second-order valence-corrected chi connectivity index (χ2v) is 7.44. The van der Waals surface area contributed by atoms with Crippen molar-refractivity contribution in [1.82, 2.24) is 15.0 Å². The lowest BCUT2D eigenvalue weighted by Gasteiger charge is -2.37. The molecule has 2 aliphatic rings. The van der Waals surface area contributed by atoms with Gasteiger partial charge in [-0.15, -0.1) is 0 Å². The molecular formula is C19H23N5O3. The molecule has 0 aliphatic carbocycles. The fourth-order valence-electron chi connectivity index (χ4n) is 3.41. The molecule has 1 saturated heterocycles. The Bertz CT molecular complexity index is 841. The van der Waals surface area contributed by atoms with Crippen LogP contribution < -0.4 is 10.2 Å². The van der Waals surface area contributed by atoms with Crippen LogP contribution in [-0.4, -0.2) is 51.8 Å². The number of nitrogens with one attached hydrogen (secondary N) is 1. The van der Waals surface area contributed by atoms with Crippen molar-refractivity contribution in [2.24, 2.45) is 0 Å². The molecule has 2 N–H and O–H groups in total. The molecule has 8 heteroatoms. The summed E-state index contributed by atoms with van der Waals surface area (Å²) in [6.07, 6.45) is 5.04. The Labute approximate surface area is 157 Å². The Balaban J connectivity index is 1.68. The smallest absolute Gasteiger partial charge is 0.245 e. The minimum absolute atomic E-state index is 0.0766. The average molecular weight is 369 g/mol. The Morgan fingerprint density at radius 3 is 2.67 bits per heavy atom. The van der Waals surface area contributed by atoms with E-state index >= 15 is 0 Å². The van der Waals surface area contributed by atoms with E-state index in [0.717, 1.165) is 18.4 Å². The van der Waals surface area contributed by atoms with Gasteiger partial charge < -0.3 is 20.1 Å². The van der Waals surface area contributed by atoms with Crippen LogP contribution in [-0.2, 0) is 15.1 Å². The number of carbonyl (C=O) groups excluding carboxylic acids is 1. The molecule has 142 valence electrons. The van der Waals surface area contributed by atoms with Crippen molar-refractivity contribution in [3.05, 3.63) is 30.2 Å². The number of anilines is 2. The van der Waals surface area contributed by atoms with Crippen molar-refractivity contribution < 1.29 is 14.6 Å². The SMILES string of the molecule is CC(C)(O)c1ccc(-c2cnc3c(n2)N(C2CCOCC2)CC(=O)N3)cn1. The van der Waals surface area contributed by atoms with Gasteiger partial charge in [0.1, 0.15) is 5.60 Å². The second kappa shape index (κ2) is 6.86. The largest absolute Gasteiger partial charge is 0.384 e. The lowest BCUT2D eigenvalue weighted by molar-refractivity contribution is -0.115. The van der Waals surface area contributed by atoms with Crippen LogP contribution in [0.2, 0.25) is 0 Å². The van der Waals surface area contributed by atoms with Crippen molar-refractivity contribution in [2.75, 3.05) is 30.0 Å². The number of aliphatic hydroxyl groups is 1. The van der Waals surface area contributed by atoms with Crippen LogP contribution in [0, 0.1) is 0 Å². The number of fused-ring (bicyclic) bond motifs is 1.